The molecule has 0 amide bonds. The zero-order valence-corrected chi connectivity index (χ0v) is 16.3. The summed E-state index contributed by atoms with van der Waals surface area (Å²) in [6, 6.07) is 7.71. The molecule has 0 aliphatic carbocycles. The van der Waals surface area contributed by atoms with Crippen molar-refractivity contribution in [2.45, 2.75) is 20.8 Å². The average Bonchev–Trinajstić information content (AvgIpc) is 3.41. The Kier molecular flexibility index (Phi) is 3.83. The zero-order chi connectivity index (χ0) is 19.3. The van der Waals surface area contributed by atoms with E-state index < -0.39 is 0 Å². The van der Waals surface area contributed by atoms with E-state index in [2.05, 4.69) is 20.3 Å². The molecule has 5 aromatic rings. The molecule has 0 unspecified atom stereocenters. The second-order valence-electron chi connectivity index (χ2n) is 6.31. The molecule has 0 aliphatic rings. The molecule has 0 saturated carbocycles. The number of nitrogens with zero attached hydrogens (tertiary/aromatic N) is 6. The first-order chi connectivity index (χ1) is 13.7. The summed E-state index contributed by atoms with van der Waals surface area (Å²) in [5, 5.41) is 19.5. The Labute approximate surface area is 163 Å². The van der Waals surface area contributed by atoms with Gasteiger partial charge in [-0.25, -0.2) is 4.98 Å². The smallest absolute Gasteiger partial charge is 0.207 e. The normalized spacial score (nSPS) is 11.5. The number of ether oxygens (including phenoxy) is 1. The number of benzene rings is 1. The van der Waals surface area contributed by atoms with E-state index in [0.29, 0.717) is 29.5 Å². The van der Waals surface area contributed by atoms with Crippen LogP contribution in [0.5, 0.6) is 5.75 Å². The minimum absolute atomic E-state index is 0.527. The summed E-state index contributed by atoms with van der Waals surface area (Å²) in [5.74, 6) is 1.99. The lowest BCUT2D eigenvalue weighted by atomic mass is 10.1. The molecule has 0 aliphatic heterocycles. The number of fused-ring (bicyclic) bond motifs is 3. The highest BCUT2D eigenvalue weighted by molar-refractivity contribution is 7.13. The van der Waals surface area contributed by atoms with Crippen LogP contribution in [0.15, 0.2) is 34.3 Å². The summed E-state index contributed by atoms with van der Waals surface area (Å²) >= 11 is 1.54. The molecule has 0 spiro atoms. The number of hydrogen-bond acceptors (Lipinski definition) is 8. The van der Waals surface area contributed by atoms with Crippen molar-refractivity contribution in [3.8, 4) is 27.8 Å². The monoisotopic (exact) mass is 392 g/mol. The van der Waals surface area contributed by atoms with Gasteiger partial charge in [-0.15, -0.1) is 21.5 Å². The summed E-state index contributed by atoms with van der Waals surface area (Å²) in [4.78, 5) is 5.38. The molecule has 1 aromatic carbocycles. The third kappa shape index (κ3) is 2.47. The molecule has 0 radical (unpaired) electrons. The van der Waals surface area contributed by atoms with Gasteiger partial charge in [0, 0.05) is 11.5 Å². The highest BCUT2D eigenvalue weighted by atomic mass is 32.1. The van der Waals surface area contributed by atoms with Crippen LogP contribution in [0, 0.1) is 13.8 Å². The van der Waals surface area contributed by atoms with Crippen molar-refractivity contribution in [2.24, 2.45) is 0 Å². The van der Waals surface area contributed by atoms with Gasteiger partial charge in [0.2, 0.25) is 5.82 Å². The Bertz CT molecular complexity index is 1320. The highest BCUT2D eigenvalue weighted by Gasteiger charge is 2.22. The van der Waals surface area contributed by atoms with Gasteiger partial charge in [-0.3, -0.25) is 0 Å². The van der Waals surface area contributed by atoms with E-state index in [1.54, 1.807) is 15.9 Å². The van der Waals surface area contributed by atoms with Gasteiger partial charge in [0.1, 0.15) is 17.2 Å². The minimum Gasteiger partial charge on any atom is -0.493 e. The molecule has 4 aromatic heterocycles. The predicted molar refractivity (Wildman–Crippen MR) is 106 cm³/mol. The van der Waals surface area contributed by atoms with Gasteiger partial charge in [-0.1, -0.05) is 17.3 Å². The molecular formula is C19H16N6O2S. The van der Waals surface area contributed by atoms with Crippen molar-refractivity contribution in [3.05, 3.63) is 41.2 Å². The minimum atomic E-state index is 0.527. The molecule has 0 saturated heterocycles. The number of aromatic nitrogens is 6. The third-order valence-corrected chi connectivity index (χ3v) is 5.40. The maximum absolute atomic E-state index is 5.90. The zero-order valence-electron chi connectivity index (χ0n) is 15.5. The van der Waals surface area contributed by atoms with E-state index in [0.717, 1.165) is 32.8 Å². The second-order valence-corrected chi connectivity index (χ2v) is 7.16. The van der Waals surface area contributed by atoms with Crippen LogP contribution in [0.25, 0.3) is 38.5 Å². The van der Waals surface area contributed by atoms with Crippen molar-refractivity contribution in [3.63, 3.8) is 0 Å². The largest absolute Gasteiger partial charge is 0.493 e. The second kappa shape index (κ2) is 6.38. The Balaban J connectivity index is 1.91. The molecule has 0 atom stereocenters. The van der Waals surface area contributed by atoms with E-state index in [-0.39, 0.29) is 0 Å². The van der Waals surface area contributed by atoms with Gasteiger partial charge >= 0.3 is 0 Å². The first-order valence-electron chi connectivity index (χ1n) is 8.82. The number of hydrogen-bond donors (Lipinski definition) is 0. The highest BCUT2D eigenvalue weighted by Crippen LogP contribution is 2.38. The molecule has 0 N–H and O–H groups in total. The molecule has 0 fully saturated rings. The molecule has 4 heterocycles. The molecule has 5 rings (SSSR count). The predicted octanol–water partition coefficient (Wildman–Crippen LogP) is 4.07. The van der Waals surface area contributed by atoms with Gasteiger partial charge in [0.05, 0.1) is 28.1 Å². The van der Waals surface area contributed by atoms with E-state index in [1.165, 1.54) is 0 Å². The maximum Gasteiger partial charge on any atom is 0.207 e. The Morgan fingerprint density at radius 1 is 1.21 bits per heavy atom. The van der Waals surface area contributed by atoms with Crippen LogP contribution in [0.4, 0.5) is 0 Å². The first kappa shape index (κ1) is 16.8. The van der Waals surface area contributed by atoms with Crippen molar-refractivity contribution >= 4 is 27.8 Å². The summed E-state index contributed by atoms with van der Waals surface area (Å²) in [6.07, 6.45) is 0. The molecule has 9 heteroatoms. The standard InChI is InChI=1S/C19H16N6O2S/c1-4-26-14-7-5-6-12-15(14)16(17-11(3)20-9-28-17)23-25-18(12)21-22-19(25)13-8-10(2)27-24-13/h5-9H,4H2,1-3H3. The number of thiazole rings is 1. The van der Waals surface area contributed by atoms with Crippen molar-refractivity contribution < 1.29 is 9.26 Å². The fourth-order valence-corrected chi connectivity index (χ4v) is 4.04. The molecule has 0 bridgehead atoms. The van der Waals surface area contributed by atoms with Crippen LogP contribution in [0.2, 0.25) is 0 Å². The van der Waals surface area contributed by atoms with Crippen molar-refractivity contribution in [1.82, 2.24) is 30.0 Å². The quantitative estimate of drug-likeness (QED) is 0.455. The Morgan fingerprint density at radius 3 is 2.82 bits per heavy atom. The summed E-state index contributed by atoms with van der Waals surface area (Å²) in [7, 11) is 0. The lowest BCUT2D eigenvalue weighted by Crippen LogP contribution is -2.02. The van der Waals surface area contributed by atoms with E-state index in [1.807, 2.05) is 50.5 Å². The lowest BCUT2D eigenvalue weighted by molar-refractivity contribution is 0.344. The van der Waals surface area contributed by atoms with E-state index >= 15 is 0 Å². The maximum atomic E-state index is 5.90. The van der Waals surface area contributed by atoms with Crippen LogP contribution < -0.4 is 4.74 Å². The molecule has 8 nitrogen and oxygen atoms in total. The molecular weight excluding hydrogens is 376 g/mol. The van der Waals surface area contributed by atoms with Crippen molar-refractivity contribution in [2.75, 3.05) is 6.61 Å². The van der Waals surface area contributed by atoms with Crippen LogP contribution >= 0.6 is 11.3 Å². The number of aryl methyl sites for hydroxylation is 2. The molecule has 140 valence electrons. The first-order valence-corrected chi connectivity index (χ1v) is 9.70. The topological polar surface area (TPSA) is 91.2 Å². The molecule has 28 heavy (non-hydrogen) atoms. The summed E-state index contributed by atoms with van der Waals surface area (Å²) in [6.45, 7) is 6.33. The van der Waals surface area contributed by atoms with Crippen molar-refractivity contribution in [1.29, 1.82) is 0 Å². The van der Waals surface area contributed by atoms with Gasteiger partial charge < -0.3 is 9.26 Å². The average molecular weight is 392 g/mol. The van der Waals surface area contributed by atoms with E-state index in [4.69, 9.17) is 14.4 Å². The summed E-state index contributed by atoms with van der Waals surface area (Å²) in [5.41, 5.74) is 4.74. The van der Waals surface area contributed by atoms with Gasteiger partial charge in [-0.05, 0) is 26.8 Å². The third-order valence-electron chi connectivity index (χ3n) is 4.46. The van der Waals surface area contributed by atoms with Gasteiger partial charge in [0.15, 0.2) is 11.3 Å². The van der Waals surface area contributed by atoms with Crippen LogP contribution in [0.3, 0.4) is 0 Å². The van der Waals surface area contributed by atoms with Crippen LogP contribution in [0.1, 0.15) is 18.4 Å². The van der Waals surface area contributed by atoms with Gasteiger partial charge in [-0.2, -0.15) is 9.61 Å². The SMILES string of the molecule is CCOc1cccc2c1c(-c1scnc1C)nn1c(-c3cc(C)on3)nnc21. The summed E-state index contributed by atoms with van der Waals surface area (Å²) < 4.78 is 12.8. The fraction of sp³-hybridized carbons (Fsp3) is 0.211. The Morgan fingerprint density at radius 2 is 2.11 bits per heavy atom. The Hall–Kier alpha value is -3.33. The van der Waals surface area contributed by atoms with E-state index in [9.17, 15) is 0 Å². The fourth-order valence-electron chi connectivity index (χ4n) is 3.25. The van der Waals surface area contributed by atoms with Gasteiger partial charge in [0.25, 0.3) is 0 Å². The van der Waals surface area contributed by atoms with Crippen LogP contribution in [-0.2, 0) is 0 Å². The number of rotatable bonds is 4. The van der Waals surface area contributed by atoms with Crippen LogP contribution in [-0.4, -0.2) is 36.6 Å². The lowest BCUT2D eigenvalue weighted by Gasteiger charge is -2.12.